The van der Waals surface area contributed by atoms with Crippen LogP contribution in [0.4, 0.5) is 11.6 Å². The van der Waals surface area contributed by atoms with Gasteiger partial charge in [-0.3, -0.25) is 4.79 Å². The van der Waals surface area contributed by atoms with Gasteiger partial charge in [0.1, 0.15) is 16.6 Å². The van der Waals surface area contributed by atoms with Gasteiger partial charge in [-0.2, -0.15) is 0 Å². The van der Waals surface area contributed by atoms with Crippen molar-refractivity contribution in [1.82, 2.24) is 15.3 Å². The highest BCUT2D eigenvalue weighted by atomic mass is 79.9. The first-order valence-electron chi connectivity index (χ1n) is 5.05. The Hall–Kier alpha value is -1.41. The third-order valence-electron chi connectivity index (χ3n) is 2.02. The molecule has 1 heterocycles. The van der Waals surface area contributed by atoms with E-state index < -0.39 is 0 Å². The zero-order valence-electron chi connectivity index (χ0n) is 9.70. The van der Waals surface area contributed by atoms with Gasteiger partial charge in [0.2, 0.25) is 5.91 Å². The molecule has 0 aliphatic rings. The van der Waals surface area contributed by atoms with E-state index in [0.29, 0.717) is 22.7 Å². The summed E-state index contributed by atoms with van der Waals surface area (Å²) in [6.07, 6.45) is 1.38. The number of hydrogen-bond acceptors (Lipinski definition) is 6. The maximum absolute atomic E-state index is 11.4. The fraction of sp³-hybridized carbons (Fsp3) is 0.444. The summed E-state index contributed by atoms with van der Waals surface area (Å²) in [6.45, 7) is 2.69. The minimum absolute atomic E-state index is 0.0669. The number of likely N-dealkylation sites (N-methyl/N-ethyl adjacent to an activating group) is 2. The smallest absolute Gasteiger partial charge is 0.239 e. The van der Waals surface area contributed by atoms with Gasteiger partial charge in [-0.05, 0) is 22.9 Å². The van der Waals surface area contributed by atoms with E-state index in [1.54, 1.807) is 11.9 Å². The molecular formula is C9H15BrN6O. The van der Waals surface area contributed by atoms with Crippen LogP contribution in [0.25, 0.3) is 0 Å². The molecule has 4 N–H and O–H groups in total. The maximum Gasteiger partial charge on any atom is 0.239 e. The molecule has 0 unspecified atom stereocenters. The largest absolute Gasteiger partial charge is 0.355 e. The van der Waals surface area contributed by atoms with Gasteiger partial charge in [-0.25, -0.2) is 15.8 Å². The predicted molar refractivity (Wildman–Crippen MR) is 69.5 cm³/mol. The number of aromatic nitrogens is 2. The van der Waals surface area contributed by atoms with E-state index in [-0.39, 0.29) is 12.5 Å². The fourth-order valence-corrected chi connectivity index (χ4v) is 1.89. The summed E-state index contributed by atoms with van der Waals surface area (Å²) in [5, 5.41) is 2.71. The quantitative estimate of drug-likeness (QED) is 0.527. The monoisotopic (exact) mass is 302 g/mol. The minimum atomic E-state index is -0.0669. The summed E-state index contributed by atoms with van der Waals surface area (Å²) in [5.41, 5.74) is 2.44. The summed E-state index contributed by atoms with van der Waals surface area (Å²) in [7, 11) is 1.77. The molecule has 0 atom stereocenters. The Morgan fingerprint density at radius 1 is 1.59 bits per heavy atom. The number of hydrazine groups is 1. The lowest BCUT2D eigenvalue weighted by atomic mass is 10.4. The molecule has 0 radical (unpaired) electrons. The van der Waals surface area contributed by atoms with E-state index in [1.165, 1.54) is 6.33 Å². The van der Waals surface area contributed by atoms with Crippen LogP contribution in [-0.2, 0) is 4.79 Å². The van der Waals surface area contributed by atoms with Crippen molar-refractivity contribution in [3.05, 3.63) is 10.8 Å². The second-order valence-electron chi connectivity index (χ2n) is 3.31. The van der Waals surface area contributed by atoms with Crippen LogP contribution >= 0.6 is 15.9 Å². The second-order valence-corrected chi connectivity index (χ2v) is 4.11. The lowest BCUT2D eigenvalue weighted by molar-refractivity contribution is -0.119. The number of anilines is 2. The predicted octanol–water partition coefficient (Wildman–Crippen LogP) is 0.0970. The average Bonchev–Trinajstić information content (AvgIpc) is 2.29. The van der Waals surface area contributed by atoms with Crippen LogP contribution in [0, 0.1) is 0 Å². The minimum Gasteiger partial charge on any atom is -0.355 e. The van der Waals surface area contributed by atoms with Crippen molar-refractivity contribution >= 4 is 33.5 Å². The summed E-state index contributed by atoms with van der Waals surface area (Å²) in [6, 6.07) is 0. The van der Waals surface area contributed by atoms with Crippen LogP contribution in [0.1, 0.15) is 6.92 Å². The molecule has 0 spiro atoms. The van der Waals surface area contributed by atoms with Gasteiger partial charge in [0.05, 0.1) is 6.54 Å². The lowest BCUT2D eigenvalue weighted by Gasteiger charge is -2.19. The number of nitrogen functional groups attached to an aromatic ring is 1. The Kier molecular flexibility index (Phi) is 5.11. The van der Waals surface area contributed by atoms with E-state index >= 15 is 0 Å². The Morgan fingerprint density at radius 2 is 2.29 bits per heavy atom. The number of nitrogens with one attached hydrogen (secondary N) is 2. The van der Waals surface area contributed by atoms with Gasteiger partial charge in [0, 0.05) is 13.6 Å². The number of rotatable bonds is 5. The number of nitrogens with two attached hydrogens (primary N) is 1. The number of amides is 1. The molecule has 94 valence electrons. The van der Waals surface area contributed by atoms with Crippen molar-refractivity contribution in [3.63, 3.8) is 0 Å². The zero-order chi connectivity index (χ0) is 12.8. The summed E-state index contributed by atoms with van der Waals surface area (Å²) < 4.78 is 0.620. The molecule has 0 aliphatic carbocycles. The van der Waals surface area contributed by atoms with Crippen LogP contribution < -0.4 is 21.5 Å². The molecule has 0 bridgehead atoms. The van der Waals surface area contributed by atoms with Gasteiger partial charge in [-0.15, -0.1) is 0 Å². The molecule has 17 heavy (non-hydrogen) atoms. The van der Waals surface area contributed by atoms with E-state index in [4.69, 9.17) is 5.84 Å². The summed E-state index contributed by atoms with van der Waals surface area (Å²) in [4.78, 5) is 21.2. The molecule has 1 aromatic heterocycles. The van der Waals surface area contributed by atoms with Crippen molar-refractivity contribution in [1.29, 1.82) is 0 Å². The van der Waals surface area contributed by atoms with Crippen molar-refractivity contribution < 1.29 is 4.79 Å². The van der Waals surface area contributed by atoms with Crippen LogP contribution in [0.3, 0.4) is 0 Å². The topological polar surface area (TPSA) is 96.2 Å². The van der Waals surface area contributed by atoms with Gasteiger partial charge >= 0.3 is 0 Å². The number of nitrogens with zero attached hydrogens (tertiary/aromatic N) is 3. The highest BCUT2D eigenvalue weighted by Crippen LogP contribution is 2.27. The molecule has 0 aliphatic heterocycles. The van der Waals surface area contributed by atoms with Crippen molar-refractivity contribution in [2.45, 2.75) is 6.92 Å². The van der Waals surface area contributed by atoms with Crippen LogP contribution in [0.15, 0.2) is 10.8 Å². The Labute approximate surface area is 108 Å². The van der Waals surface area contributed by atoms with Crippen molar-refractivity contribution in [2.24, 2.45) is 5.84 Å². The number of carbonyl (C=O) groups excluding carboxylic acids is 1. The number of carbonyl (C=O) groups is 1. The van der Waals surface area contributed by atoms with Crippen LogP contribution in [0.2, 0.25) is 0 Å². The molecule has 1 aromatic rings. The molecular weight excluding hydrogens is 288 g/mol. The van der Waals surface area contributed by atoms with E-state index in [1.807, 2.05) is 6.92 Å². The lowest BCUT2D eigenvalue weighted by Crippen LogP contribution is -2.35. The highest BCUT2D eigenvalue weighted by molar-refractivity contribution is 9.10. The molecule has 1 amide bonds. The molecule has 7 nitrogen and oxygen atoms in total. The van der Waals surface area contributed by atoms with E-state index in [0.717, 1.165) is 0 Å². The average molecular weight is 303 g/mol. The first kappa shape index (κ1) is 13.7. The zero-order valence-corrected chi connectivity index (χ0v) is 11.3. The van der Waals surface area contributed by atoms with Gasteiger partial charge in [0.25, 0.3) is 0 Å². The second kappa shape index (κ2) is 6.36. The van der Waals surface area contributed by atoms with E-state index in [2.05, 4.69) is 36.6 Å². The summed E-state index contributed by atoms with van der Waals surface area (Å²) in [5.74, 6) is 6.30. The molecule has 1 rings (SSSR count). The van der Waals surface area contributed by atoms with Gasteiger partial charge in [0.15, 0.2) is 5.82 Å². The number of halogens is 1. The Balaban J connectivity index is 2.81. The fourth-order valence-electron chi connectivity index (χ4n) is 1.27. The van der Waals surface area contributed by atoms with Gasteiger partial charge in [-0.1, -0.05) is 0 Å². The standard InChI is InChI=1S/C9H15BrN6O/c1-3-12-6(17)4-16(2)9-7(10)8(15-11)13-5-14-9/h5H,3-4,11H2,1-2H3,(H,12,17)(H,13,14,15). The van der Waals surface area contributed by atoms with Crippen molar-refractivity contribution in [3.8, 4) is 0 Å². The Morgan fingerprint density at radius 3 is 2.88 bits per heavy atom. The Bertz CT molecular complexity index is 399. The molecule has 0 saturated carbocycles. The third-order valence-corrected chi connectivity index (χ3v) is 2.75. The molecule has 8 heteroatoms. The van der Waals surface area contributed by atoms with Crippen LogP contribution in [-0.4, -0.2) is 36.0 Å². The molecule has 0 saturated heterocycles. The van der Waals surface area contributed by atoms with Crippen molar-refractivity contribution in [2.75, 3.05) is 30.5 Å². The molecule has 0 aromatic carbocycles. The number of hydrogen-bond donors (Lipinski definition) is 3. The van der Waals surface area contributed by atoms with Crippen LogP contribution in [0.5, 0.6) is 0 Å². The normalized spacial score (nSPS) is 9.88. The summed E-state index contributed by atoms with van der Waals surface area (Å²) >= 11 is 3.33. The first-order chi connectivity index (χ1) is 8.10. The van der Waals surface area contributed by atoms with E-state index in [9.17, 15) is 4.79 Å². The first-order valence-corrected chi connectivity index (χ1v) is 5.84. The SMILES string of the molecule is CCNC(=O)CN(C)c1ncnc(NN)c1Br. The third kappa shape index (κ3) is 3.53. The molecule has 0 fully saturated rings. The maximum atomic E-state index is 11.4. The highest BCUT2D eigenvalue weighted by Gasteiger charge is 2.14. The van der Waals surface area contributed by atoms with Gasteiger partial charge < -0.3 is 15.6 Å².